The molecule has 1 aliphatic heterocycles. The summed E-state index contributed by atoms with van der Waals surface area (Å²) in [6.45, 7) is 1.61. The maximum Gasteiger partial charge on any atom is 0.233 e. The second kappa shape index (κ2) is 10.0. The van der Waals surface area contributed by atoms with E-state index in [9.17, 15) is 4.79 Å². The van der Waals surface area contributed by atoms with Crippen molar-refractivity contribution in [2.45, 2.75) is 23.9 Å². The molecular weight excluding hydrogens is 428 g/mol. The van der Waals surface area contributed by atoms with Gasteiger partial charge in [-0.3, -0.25) is 9.36 Å². The van der Waals surface area contributed by atoms with Crippen molar-refractivity contribution in [1.29, 1.82) is 0 Å². The molecule has 0 spiro atoms. The summed E-state index contributed by atoms with van der Waals surface area (Å²) in [7, 11) is 0. The second-order valence-electron chi connectivity index (χ2n) is 8.20. The molecule has 0 bridgehead atoms. The van der Waals surface area contributed by atoms with Gasteiger partial charge in [-0.1, -0.05) is 90.6 Å². The number of carbonyl (C=O) groups is 1. The third kappa shape index (κ3) is 4.86. The fraction of sp³-hybridized carbons (Fsp3) is 0.222. The molecule has 5 nitrogen and oxygen atoms in total. The van der Waals surface area contributed by atoms with E-state index in [4.69, 9.17) is 0 Å². The summed E-state index contributed by atoms with van der Waals surface area (Å²) >= 11 is 1.45. The first-order valence-electron chi connectivity index (χ1n) is 11.3. The number of para-hydroxylation sites is 1. The van der Waals surface area contributed by atoms with Crippen LogP contribution in [0.25, 0.3) is 17.1 Å². The molecule has 0 aliphatic carbocycles. The first kappa shape index (κ1) is 21.5. The molecule has 1 aromatic heterocycles. The maximum absolute atomic E-state index is 13.0. The van der Waals surface area contributed by atoms with Crippen molar-refractivity contribution in [3.05, 3.63) is 96.6 Å². The maximum atomic E-state index is 13.0. The van der Waals surface area contributed by atoms with Crippen molar-refractivity contribution in [2.75, 3.05) is 18.8 Å². The molecule has 0 atom stereocenters. The van der Waals surface area contributed by atoms with E-state index in [1.807, 2.05) is 70.1 Å². The third-order valence-corrected chi connectivity index (χ3v) is 7.04. The van der Waals surface area contributed by atoms with Gasteiger partial charge in [-0.25, -0.2) is 0 Å². The molecule has 6 heteroatoms. The largest absolute Gasteiger partial charge is 0.342 e. The van der Waals surface area contributed by atoms with E-state index in [1.54, 1.807) is 0 Å². The van der Waals surface area contributed by atoms with Crippen molar-refractivity contribution in [3.63, 3.8) is 0 Å². The number of carbonyl (C=O) groups excluding carboxylic acids is 1. The highest BCUT2D eigenvalue weighted by molar-refractivity contribution is 7.99. The van der Waals surface area contributed by atoms with Crippen LogP contribution in [0.15, 0.2) is 96.2 Å². The number of hydrogen-bond donors (Lipinski definition) is 0. The fourth-order valence-corrected chi connectivity index (χ4v) is 5.21. The highest BCUT2D eigenvalue weighted by atomic mass is 32.2. The first-order valence-corrected chi connectivity index (χ1v) is 12.3. The van der Waals surface area contributed by atoms with E-state index in [-0.39, 0.29) is 5.91 Å². The molecule has 0 unspecified atom stereocenters. The normalized spacial score (nSPS) is 14.4. The molecule has 0 saturated carbocycles. The molecule has 1 saturated heterocycles. The number of rotatable bonds is 6. The van der Waals surface area contributed by atoms with Gasteiger partial charge in [-0.2, -0.15) is 0 Å². The van der Waals surface area contributed by atoms with E-state index in [1.165, 1.54) is 17.3 Å². The number of thioether (sulfide) groups is 1. The number of likely N-dealkylation sites (tertiary alicyclic amines) is 1. The SMILES string of the molecule is O=C(CSc1nnc(-c2ccccc2)n1-c1ccccc1)N1CCC(c2ccccc2)CC1. The highest BCUT2D eigenvalue weighted by Crippen LogP contribution is 2.30. The van der Waals surface area contributed by atoms with Gasteiger partial charge in [0.2, 0.25) is 5.91 Å². The summed E-state index contributed by atoms with van der Waals surface area (Å²) in [6.07, 6.45) is 2.03. The van der Waals surface area contributed by atoms with Crippen LogP contribution in [0.4, 0.5) is 0 Å². The molecule has 1 fully saturated rings. The summed E-state index contributed by atoms with van der Waals surface area (Å²) in [6, 6.07) is 30.7. The van der Waals surface area contributed by atoms with Crippen LogP contribution >= 0.6 is 11.8 Å². The molecule has 0 N–H and O–H groups in total. The lowest BCUT2D eigenvalue weighted by Gasteiger charge is -2.32. The van der Waals surface area contributed by atoms with Crippen molar-refractivity contribution < 1.29 is 4.79 Å². The van der Waals surface area contributed by atoms with Crippen LogP contribution in [0.5, 0.6) is 0 Å². The Morgan fingerprint density at radius 1 is 0.818 bits per heavy atom. The van der Waals surface area contributed by atoms with E-state index < -0.39 is 0 Å². The topological polar surface area (TPSA) is 51.0 Å². The smallest absolute Gasteiger partial charge is 0.233 e. The van der Waals surface area contributed by atoms with E-state index >= 15 is 0 Å². The Kier molecular flexibility index (Phi) is 6.53. The van der Waals surface area contributed by atoms with Crippen LogP contribution in [0.3, 0.4) is 0 Å². The highest BCUT2D eigenvalue weighted by Gasteiger charge is 2.24. The van der Waals surface area contributed by atoms with E-state index in [0.717, 1.165) is 48.2 Å². The summed E-state index contributed by atoms with van der Waals surface area (Å²) < 4.78 is 2.04. The second-order valence-corrected chi connectivity index (χ2v) is 9.14. The summed E-state index contributed by atoms with van der Waals surface area (Å²) in [5.41, 5.74) is 3.36. The van der Waals surface area contributed by atoms with Crippen LogP contribution in [0.2, 0.25) is 0 Å². The lowest BCUT2D eigenvalue weighted by molar-refractivity contribution is -0.129. The number of benzene rings is 3. The number of piperidine rings is 1. The molecule has 166 valence electrons. The molecule has 4 aromatic rings. The molecular formula is C27H26N4OS. The summed E-state index contributed by atoms with van der Waals surface area (Å²) in [5, 5.41) is 9.64. The molecule has 5 rings (SSSR count). The zero-order valence-electron chi connectivity index (χ0n) is 18.4. The van der Waals surface area contributed by atoms with Gasteiger partial charge < -0.3 is 4.90 Å². The van der Waals surface area contributed by atoms with Crippen LogP contribution in [0.1, 0.15) is 24.3 Å². The number of aromatic nitrogens is 3. The van der Waals surface area contributed by atoms with E-state index in [2.05, 4.69) is 40.5 Å². The minimum atomic E-state index is 0.162. The van der Waals surface area contributed by atoms with E-state index in [0.29, 0.717) is 11.7 Å². The van der Waals surface area contributed by atoms with Crippen LogP contribution < -0.4 is 0 Å². The number of nitrogens with zero attached hydrogens (tertiary/aromatic N) is 4. The third-order valence-electron chi connectivity index (χ3n) is 6.12. The van der Waals surface area contributed by atoms with Crippen molar-refractivity contribution in [3.8, 4) is 17.1 Å². The predicted molar refractivity (Wildman–Crippen MR) is 133 cm³/mol. The fourth-order valence-electron chi connectivity index (χ4n) is 4.35. The van der Waals surface area contributed by atoms with Crippen molar-refractivity contribution in [1.82, 2.24) is 19.7 Å². The quantitative estimate of drug-likeness (QED) is 0.365. The molecule has 33 heavy (non-hydrogen) atoms. The van der Waals surface area contributed by atoms with Gasteiger partial charge in [-0.05, 0) is 36.5 Å². The minimum Gasteiger partial charge on any atom is -0.342 e. The number of amides is 1. The average Bonchev–Trinajstić information content (AvgIpc) is 3.33. The Bertz CT molecular complexity index is 1190. The molecule has 0 radical (unpaired) electrons. The summed E-state index contributed by atoms with van der Waals surface area (Å²) in [4.78, 5) is 15.0. The van der Waals surface area contributed by atoms with Gasteiger partial charge in [-0.15, -0.1) is 10.2 Å². The van der Waals surface area contributed by atoms with Gasteiger partial charge in [0.25, 0.3) is 0 Å². The number of hydrogen-bond acceptors (Lipinski definition) is 4. The molecule has 1 aliphatic rings. The van der Waals surface area contributed by atoms with Crippen LogP contribution in [-0.2, 0) is 4.79 Å². The Balaban J connectivity index is 1.28. The Morgan fingerprint density at radius 2 is 1.42 bits per heavy atom. The molecule has 1 amide bonds. The first-order chi connectivity index (χ1) is 16.3. The lowest BCUT2D eigenvalue weighted by atomic mass is 9.89. The zero-order chi connectivity index (χ0) is 22.5. The predicted octanol–water partition coefficient (Wildman–Crippen LogP) is 5.43. The van der Waals surface area contributed by atoms with Crippen LogP contribution in [0, 0.1) is 0 Å². The Hall–Kier alpha value is -3.38. The van der Waals surface area contributed by atoms with Gasteiger partial charge in [0, 0.05) is 24.3 Å². The van der Waals surface area contributed by atoms with Gasteiger partial charge >= 0.3 is 0 Å². The van der Waals surface area contributed by atoms with Gasteiger partial charge in [0.15, 0.2) is 11.0 Å². The standard InChI is InChI=1S/C27H26N4OS/c32-25(30-18-16-22(17-19-30)21-10-4-1-5-11-21)20-33-27-29-28-26(23-12-6-2-7-13-23)31(27)24-14-8-3-9-15-24/h1-15,22H,16-20H2. The molecule has 3 aromatic carbocycles. The average molecular weight is 455 g/mol. The molecule has 2 heterocycles. The Labute approximate surface area is 198 Å². The van der Waals surface area contributed by atoms with Gasteiger partial charge in [0.05, 0.1) is 5.75 Å². The minimum absolute atomic E-state index is 0.162. The van der Waals surface area contributed by atoms with Crippen molar-refractivity contribution in [2.24, 2.45) is 0 Å². The van der Waals surface area contributed by atoms with Crippen LogP contribution in [-0.4, -0.2) is 44.4 Å². The Morgan fingerprint density at radius 3 is 2.09 bits per heavy atom. The van der Waals surface area contributed by atoms with Gasteiger partial charge in [0.1, 0.15) is 0 Å². The monoisotopic (exact) mass is 454 g/mol. The lowest BCUT2D eigenvalue weighted by Crippen LogP contribution is -2.39. The summed E-state index contributed by atoms with van der Waals surface area (Å²) in [5.74, 6) is 1.84. The van der Waals surface area contributed by atoms with Crippen molar-refractivity contribution >= 4 is 17.7 Å². The zero-order valence-corrected chi connectivity index (χ0v) is 19.2.